The number of rotatable bonds is 8. The normalized spacial score (nSPS) is 19.4. The van der Waals surface area contributed by atoms with Crippen LogP contribution in [-0.2, 0) is 16.0 Å². The van der Waals surface area contributed by atoms with E-state index in [-0.39, 0.29) is 17.5 Å². The third-order valence-electron chi connectivity index (χ3n) is 7.18. The van der Waals surface area contributed by atoms with Gasteiger partial charge in [-0.05, 0) is 105 Å². The van der Waals surface area contributed by atoms with Crippen molar-refractivity contribution in [1.29, 1.82) is 0 Å². The van der Waals surface area contributed by atoms with Crippen LogP contribution in [0.4, 0.5) is 11.6 Å². The molecule has 1 aromatic heterocycles. The number of esters is 1. The van der Waals surface area contributed by atoms with Crippen molar-refractivity contribution in [2.45, 2.75) is 85.8 Å². The van der Waals surface area contributed by atoms with Crippen molar-refractivity contribution in [2.24, 2.45) is 11.3 Å². The number of imidazole rings is 1. The van der Waals surface area contributed by atoms with Crippen LogP contribution in [0.3, 0.4) is 0 Å². The summed E-state index contributed by atoms with van der Waals surface area (Å²) in [6.07, 6.45) is 4.65. The van der Waals surface area contributed by atoms with Crippen LogP contribution >= 0.6 is 0 Å². The number of methoxy groups -OCH3 is 1. The lowest BCUT2D eigenvalue weighted by Crippen LogP contribution is -2.29. The average molecular weight is 492 g/mol. The number of anilines is 2. The Morgan fingerprint density at radius 1 is 1.19 bits per heavy atom. The molecule has 1 N–H and O–H groups in total. The minimum absolute atomic E-state index is 0.140. The Kier molecular flexibility index (Phi) is 7.62. The predicted octanol–water partition coefficient (Wildman–Crippen LogP) is 7.37. The fraction of sp³-hybridized carbons (Fsp3) is 0.533. The quantitative estimate of drug-likeness (QED) is 0.333. The van der Waals surface area contributed by atoms with E-state index in [1.165, 1.54) is 19.1 Å². The average Bonchev–Trinajstić information content (AvgIpc) is 3.13. The highest BCUT2D eigenvalue weighted by molar-refractivity contribution is 5.82. The second-order valence-electron chi connectivity index (χ2n) is 11.5. The standard InChI is InChI=1S/C30H41N3O3/c1-19(2)36-25-11-9-23(10-12-25)31-29-32-26-16-22(8-13-28(34)35-7)21(4)15-27(26)33(29)24-14-20(3)17-30(5,6)18-24/h9-12,15-16,19-20,24H,8,13-14,17-18H2,1-7H3,(H,31,32)/t20-,24+/m0/s1. The zero-order valence-corrected chi connectivity index (χ0v) is 22.9. The first-order valence-electron chi connectivity index (χ1n) is 13.2. The van der Waals surface area contributed by atoms with E-state index in [0.29, 0.717) is 24.8 Å². The summed E-state index contributed by atoms with van der Waals surface area (Å²) >= 11 is 0. The molecular formula is C30H41N3O3. The summed E-state index contributed by atoms with van der Waals surface area (Å²) in [7, 11) is 1.44. The number of carbonyl (C=O) groups is 1. The molecule has 0 radical (unpaired) electrons. The Morgan fingerprint density at radius 3 is 2.56 bits per heavy atom. The van der Waals surface area contributed by atoms with E-state index in [1.807, 2.05) is 38.1 Å². The first kappa shape index (κ1) is 26.1. The maximum atomic E-state index is 11.7. The largest absolute Gasteiger partial charge is 0.491 e. The van der Waals surface area contributed by atoms with Gasteiger partial charge in [0.25, 0.3) is 0 Å². The van der Waals surface area contributed by atoms with Gasteiger partial charge < -0.3 is 19.4 Å². The highest BCUT2D eigenvalue weighted by Gasteiger charge is 2.34. The van der Waals surface area contributed by atoms with Gasteiger partial charge >= 0.3 is 5.97 Å². The number of fused-ring (bicyclic) bond motifs is 1. The van der Waals surface area contributed by atoms with Gasteiger partial charge in [-0.1, -0.05) is 20.8 Å². The minimum atomic E-state index is -0.189. The van der Waals surface area contributed by atoms with Crippen molar-refractivity contribution < 1.29 is 14.3 Å². The molecule has 4 rings (SSSR count). The van der Waals surface area contributed by atoms with Gasteiger partial charge in [-0.2, -0.15) is 0 Å². The van der Waals surface area contributed by atoms with Gasteiger partial charge in [-0.25, -0.2) is 4.98 Å². The lowest BCUT2D eigenvalue weighted by Gasteiger charge is -2.40. The molecule has 0 unspecified atom stereocenters. The van der Waals surface area contributed by atoms with E-state index in [0.717, 1.165) is 46.8 Å². The fourth-order valence-electron chi connectivity index (χ4n) is 5.87. The van der Waals surface area contributed by atoms with Crippen LogP contribution in [0.1, 0.15) is 77.5 Å². The molecule has 36 heavy (non-hydrogen) atoms. The number of carbonyl (C=O) groups excluding carboxylic acids is 1. The van der Waals surface area contributed by atoms with Gasteiger partial charge in [-0.3, -0.25) is 4.79 Å². The molecule has 0 aliphatic heterocycles. The number of aryl methyl sites for hydroxylation is 2. The van der Waals surface area contributed by atoms with Crippen LogP contribution in [0, 0.1) is 18.3 Å². The lowest BCUT2D eigenvalue weighted by molar-refractivity contribution is -0.140. The summed E-state index contributed by atoms with van der Waals surface area (Å²) in [4.78, 5) is 16.8. The van der Waals surface area contributed by atoms with Crippen molar-refractivity contribution in [3.05, 3.63) is 47.5 Å². The predicted molar refractivity (Wildman–Crippen MR) is 146 cm³/mol. The number of benzene rings is 2. The maximum absolute atomic E-state index is 11.7. The molecule has 194 valence electrons. The molecule has 1 aliphatic rings. The molecule has 0 amide bonds. The molecule has 1 aliphatic carbocycles. The zero-order chi connectivity index (χ0) is 26.0. The summed E-state index contributed by atoms with van der Waals surface area (Å²) in [5, 5.41) is 3.60. The molecule has 0 spiro atoms. The van der Waals surface area contributed by atoms with E-state index in [4.69, 9.17) is 14.5 Å². The van der Waals surface area contributed by atoms with E-state index < -0.39 is 0 Å². The van der Waals surface area contributed by atoms with Gasteiger partial charge in [0.2, 0.25) is 5.95 Å². The Balaban J connectivity index is 1.73. The maximum Gasteiger partial charge on any atom is 0.305 e. The molecule has 1 fully saturated rings. The zero-order valence-electron chi connectivity index (χ0n) is 22.9. The summed E-state index contributed by atoms with van der Waals surface area (Å²) in [5.41, 5.74) is 5.68. The minimum Gasteiger partial charge on any atom is -0.491 e. The molecule has 1 heterocycles. The van der Waals surface area contributed by atoms with Gasteiger partial charge in [0, 0.05) is 18.2 Å². The van der Waals surface area contributed by atoms with Crippen LogP contribution in [0.25, 0.3) is 11.0 Å². The second-order valence-corrected chi connectivity index (χ2v) is 11.5. The molecular weight excluding hydrogens is 450 g/mol. The van der Waals surface area contributed by atoms with Crippen LogP contribution in [0.5, 0.6) is 5.75 Å². The highest BCUT2D eigenvalue weighted by Crippen LogP contribution is 2.46. The number of nitrogens with zero attached hydrogens (tertiary/aromatic N) is 2. The van der Waals surface area contributed by atoms with Crippen molar-refractivity contribution in [3.8, 4) is 5.75 Å². The number of hydrogen-bond donors (Lipinski definition) is 1. The third-order valence-corrected chi connectivity index (χ3v) is 7.18. The van der Waals surface area contributed by atoms with E-state index in [2.05, 4.69) is 49.7 Å². The summed E-state index contributed by atoms with van der Waals surface area (Å²) in [6.45, 7) is 13.3. The molecule has 0 bridgehead atoms. The van der Waals surface area contributed by atoms with Crippen molar-refractivity contribution in [2.75, 3.05) is 12.4 Å². The van der Waals surface area contributed by atoms with Crippen molar-refractivity contribution >= 4 is 28.6 Å². The molecule has 2 aromatic carbocycles. The number of aromatic nitrogens is 2. The molecule has 2 atom stereocenters. The summed E-state index contributed by atoms with van der Waals surface area (Å²) in [5.74, 6) is 2.18. The van der Waals surface area contributed by atoms with Crippen LogP contribution in [0.15, 0.2) is 36.4 Å². The number of hydrogen-bond acceptors (Lipinski definition) is 5. The highest BCUT2D eigenvalue weighted by atomic mass is 16.5. The molecule has 3 aromatic rings. The smallest absolute Gasteiger partial charge is 0.305 e. The fourth-order valence-corrected chi connectivity index (χ4v) is 5.87. The second kappa shape index (κ2) is 10.5. The van der Waals surface area contributed by atoms with Crippen LogP contribution in [-0.4, -0.2) is 28.7 Å². The van der Waals surface area contributed by atoms with Crippen molar-refractivity contribution in [1.82, 2.24) is 9.55 Å². The number of nitrogens with one attached hydrogen (secondary N) is 1. The Morgan fingerprint density at radius 2 is 1.92 bits per heavy atom. The van der Waals surface area contributed by atoms with E-state index in [9.17, 15) is 4.79 Å². The van der Waals surface area contributed by atoms with Crippen LogP contribution < -0.4 is 10.1 Å². The van der Waals surface area contributed by atoms with E-state index in [1.54, 1.807) is 0 Å². The van der Waals surface area contributed by atoms with Gasteiger partial charge in [0.1, 0.15) is 5.75 Å². The summed E-state index contributed by atoms with van der Waals surface area (Å²) in [6, 6.07) is 12.8. The molecule has 6 nitrogen and oxygen atoms in total. The lowest BCUT2D eigenvalue weighted by atomic mass is 9.70. The van der Waals surface area contributed by atoms with Gasteiger partial charge in [0.05, 0.1) is 24.2 Å². The molecule has 1 saturated carbocycles. The third kappa shape index (κ3) is 6.03. The Hall–Kier alpha value is -3.02. The SMILES string of the molecule is COC(=O)CCc1cc2nc(Nc3ccc(OC(C)C)cc3)n([C@@H]3C[C@H](C)CC(C)(C)C3)c2cc1C. The van der Waals surface area contributed by atoms with Gasteiger partial charge in [-0.15, -0.1) is 0 Å². The van der Waals surface area contributed by atoms with Crippen LogP contribution in [0.2, 0.25) is 0 Å². The monoisotopic (exact) mass is 491 g/mol. The Labute approximate surface area is 215 Å². The van der Waals surface area contributed by atoms with Gasteiger partial charge in [0.15, 0.2) is 0 Å². The molecule has 0 saturated heterocycles. The first-order valence-corrected chi connectivity index (χ1v) is 13.2. The molecule has 6 heteroatoms. The number of ether oxygens (including phenoxy) is 2. The Bertz CT molecular complexity index is 1210. The van der Waals surface area contributed by atoms with E-state index >= 15 is 0 Å². The van der Waals surface area contributed by atoms with Crippen molar-refractivity contribution in [3.63, 3.8) is 0 Å². The summed E-state index contributed by atoms with van der Waals surface area (Å²) < 4.78 is 13.1. The first-order chi connectivity index (χ1) is 17.0. The topological polar surface area (TPSA) is 65.4 Å².